The monoisotopic (exact) mass is 259 g/mol. The van der Waals surface area contributed by atoms with Gasteiger partial charge in [-0.15, -0.1) is 0 Å². The van der Waals surface area contributed by atoms with Gasteiger partial charge in [0.1, 0.15) is 0 Å². The van der Waals surface area contributed by atoms with E-state index in [1.54, 1.807) is 13.3 Å². The molecule has 2 aromatic rings. The molecule has 0 saturated heterocycles. The second kappa shape index (κ2) is 6.38. The van der Waals surface area contributed by atoms with Gasteiger partial charge in [0.2, 0.25) is 5.88 Å². The van der Waals surface area contributed by atoms with Gasteiger partial charge < -0.3 is 14.6 Å². The molecule has 0 amide bonds. The zero-order chi connectivity index (χ0) is 13.7. The molecule has 0 bridgehead atoms. The van der Waals surface area contributed by atoms with Gasteiger partial charge in [-0.1, -0.05) is 19.9 Å². The van der Waals surface area contributed by atoms with Crippen LogP contribution in [0.5, 0.6) is 5.88 Å². The topological polar surface area (TPSA) is 39.1 Å². The molecular formula is C15H21N3O. The molecule has 1 N–H and O–H groups in total. The number of rotatable bonds is 6. The molecule has 0 aliphatic heterocycles. The Morgan fingerprint density at radius 1 is 1.37 bits per heavy atom. The number of pyridine rings is 1. The van der Waals surface area contributed by atoms with Gasteiger partial charge in [0.05, 0.1) is 13.7 Å². The number of nitrogens with zero attached hydrogens (tertiary/aromatic N) is 2. The van der Waals surface area contributed by atoms with Crippen molar-refractivity contribution < 1.29 is 4.74 Å². The van der Waals surface area contributed by atoms with Crippen molar-refractivity contribution in [1.82, 2.24) is 14.9 Å². The second-order valence-electron chi connectivity index (χ2n) is 4.90. The van der Waals surface area contributed by atoms with Gasteiger partial charge in [0.25, 0.3) is 0 Å². The molecule has 2 rings (SSSR count). The molecule has 19 heavy (non-hydrogen) atoms. The Balaban J connectivity index is 2.03. The van der Waals surface area contributed by atoms with E-state index < -0.39 is 0 Å². The lowest BCUT2D eigenvalue weighted by Gasteiger charge is -2.08. The predicted molar refractivity (Wildman–Crippen MR) is 76.3 cm³/mol. The molecule has 0 aliphatic carbocycles. The zero-order valence-electron chi connectivity index (χ0n) is 11.8. The molecule has 4 heteroatoms. The average Bonchev–Trinajstić information content (AvgIpc) is 2.85. The normalized spacial score (nSPS) is 10.9. The van der Waals surface area contributed by atoms with E-state index in [2.05, 4.69) is 47.2 Å². The molecule has 102 valence electrons. The Kier molecular flexibility index (Phi) is 4.58. The summed E-state index contributed by atoms with van der Waals surface area (Å²) in [5.74, 6) is 0.693. The van der Waals surface area contributed by atoms with Crippen LogP contribution < -0.4 is 10.1 Å². The van der Waals surface area contributed by atoms with Crippen LogP contribution in [0.3, 0.4) is 0 Å². The molecule has 2 heterocycles. The summed E-state index contributed by atoms with van der Waals surface area (Å²) in [6, 6.07) is 6.61. The first-order valence-electron chi connectivity index (χ1n) is 6.55. The van der Waals surface area contributed by atoms with Crippen LogP contribution in [-0.2, 0) is 13.1 Å². The molecule has 0 aliphatic rings. The highest BCUT2D eigenvalue weighted by atomic mass is 16.5. The Labute approximate surface area is 114 Å². The van der Waals surface area contributed by atoms with Crippen molar-refractivity contribution in [2.24, 2.45) is 0 Å². The summed E-state index contributed by atoms with van der Waals surface area (Å²) in [6.45, 7) is 5.97. The number of nitrogens with one attached hydrogen (secondary N) is 1. The number of hydrogen-bond donors (Lipinski definition) is 1. The fraction of sp³-hybridized carbons (Fsp3) is 0.400. The minimum atomic E-state index is 0.502. The predicted octanol–water partition coefficient (Wildman–Crippen LogP) is 2.44. The van der Waals surface area contributed by atoms with Crippen LogP contribution in [-0.4, -0.2) is 22.7 Å². The minimum Gasteiger partial charge on any atom is -0.481 e. The fourth-order valence-corrected chi connectivity index (χ4v) is 1.94. The van der Waals surface area contributed by atoms with Crippen LogP contribution in [0.15, 0.2) is 36.8 Å². The van der Waals surface area contributed by atoms with Gasteiger partial charge >= 0.3 is 0 Å². The summed E-state index contributed by atoms with van der Waals surface area (Å²) in [6.07, 6.45) is 5.99. The maximum absolute atomic E-state index is 5.27. The van der Waals surface area contributed by atoms with E-state index in [0.717, 1.165) is 18.7 Å². The molecule has 0 fully saturated rings. The third kappa shape index (κ3) is 3.83. The first-order chi connectivity index (χ1) is 9.19. The minimum absolute atomic E-state index is 0.502. The molecule has 0 spiro atoms. The Hall–Kier alpha value is -1.81. The second-order valence-corrected chi connectivity index (χ2v) is 4.90. The number of methoxy groups -OCH3 is 1. The van der Waals surface area contributed by atoms with E-state index in [0.29, 0.717) is 11.9 Å². The van der Waals surface area contributed by atoms with E-state index in [4.69, 9.17) is 4.74 Å². The molecule has 0 radical (unpaired) electrons. The van der Waals surface area contributed by atoms with Crippen molar-refractivity contribution in [3.05, 3.63) is 47.9 Å². The van der Waals surface area contributed by atoms with Crippen molar-refractivity contribution in [2.75, 3.05) is 7.11 Å². The largest absolute Gasteiger partial charge is 0.481 e. The molecule has 4 nitrogen and oxygen atoms in total. The quantitative estimate of drug-likeness (QED) is 0.866. The molecule has 0 saturated carbocycles. The van der Waals surface area contributed by atoms with Crippen molar-refractivity contribution in [1.29, 1.82) is 0 Å². The summed E-state index contributed by atoms with van der Waals surface area (Å²) >= 11 is 0. The van der Waals surface area contributed by atoms with Crippen molar-refractivity contribution in [3.8, 4) is 5.88 Å². The maximum Gasteiger partial charge on any atom is 0.218 e. The third-order valence-corrected chi connectivity index (χ3v) is 2.92. The summed E-state index contributed by atoms with van der Waals surface area (Å²) in [7, 11) is 1.65. The highest BCUT2D eigenvalue weighted by Crippen LogP contribution is 2.15. The van der Waals surface area contributed by atoms with Crippen LogP contribution >= 0.6 is 0 Å². The number of ether oxygens (including phenoxy) is 1. The third-order valence-electron chi connectivity index (χ3n) is 2.92. The SMILES string of the molecule is COc1ncccc1Cn1ccc(CNC(C)C)c1. The Morgan fingerprint density at radius 2 is 2.21 bits per heavy atom. The van der Waals surface area contributed by atoms with Crippen LogP contribution in [0.2, 0.25) is 0 Å². The maximum atomic E-state index is 5.27. The van der Waals surface area contributed by atoms with Gasteiger partial charge in [0.15, 0.2) is 0 Å². The van der Waals surface area contributed by atoms with E-state index >= 15 is 0 Å². The van der Waals surface area contributed by atoms with Gasteiger partial charge in [0, 0.05) is 36.7 Å². The highest BCUT2D eigenvalue weighted by Gasteiger charge is 2.04. The van der Waals surface area contributed by atoms with Crippen molar-refractivity contribution in [2.45, 2.75) is 33.0 Å². The Morgan fingerprint density at radius 3 is 2.95 bits per heavy atom. The summed E-state index contributed by atoms with van der Waals surface area (Å²) in [4.78, 5) is 4.21. The van der Waals surface area contributed by atoms with E-state index in [-0.39, 0.29) is 0 Å². The first kappa shape index (κ1) is 13.6. The standard InChI is InChI=1S/C15H21N3O/c1-12(2)17-9-13-6-8-18(10-13)11-14-5-4-7-16-15(14)19-3/h4-8,10,12,17H,9,11H2,1-3H3. The van der Waals surface area contributed by atoms with Crippen molar-refractivity contribution >= 4 is 0 Å². The van der Waals surface area contributed by atoms with Gasteiger partial charge in [-0.3, -0.25) is 0 Å². The van der Waals surface area contributed by atoms with Gasteiger partial charge in [-0.05, 0) is 17.7 Å². The van der Waals surface area contributed by atoms with E-state index in [1.807, 2.05) is 12.1 Å². The smallest absolute Gasteiger partial charge is 0.218 e. The Bertz CT molecular complexity index is 520. The lowest BCUT2D eigenvalue weighted by Crippen LogP contribution is -2.21. The summed E-state index contributed by atoms with van der Waals surface area (Å²) < 4.78 is 7.42. The highest BCUT2D eigenvalue weighted by molar-refractivity contribution is 5.26. The van der Waals surface area contributed by atoms with Gasteiger partial charge in [-0.25, -0.2) is 4.98 Å². The fourth-order valence-electron chi connectivity index (χ4n) is 1.94. The van der Waals surface area contributed by atoms with Gasteiger partial charge in [-0.2, -0.15) is 0 Å². The van der Waals surface area contributed by atoms with Crippen LogP contribution in [0, 0.1) is 0 Å². The van der Waals surface area contributed by atoms with Crippen LogP contribution in [0.4, 0.5) is 0 Å². The summed E-state index contributed by atoms with van der Waals surface area (Å²) in [5, 5.41) is 3.41. The lowest BCUT2D eigenvalue weighted by molar-refractivity contribution is 0.391. The average molecular weight is 259 g/mol. The van der Waals surface area contributed by atoms with E-state index in [9.17, 15) is 0 Å². The molecular weight excluding hydrogens is 238 g/mol. The molecule has 2 aromatic heterocycles. The molecule has 0 unspecified atom stereocenters. The zero-order valence-corrected chi connectivity index (χ0v) is 11.8. The first-order valence-corrected chi connectivity index (χ1v) is 6.55. The molecule has 0 atom stereocenters. The lowest BCUT2D eigenvalue weighted by atomic mass is 10.2. The molecule has 0 aromatic carbocycles. The van der Waals surface area contributed by atoms with Crippen LogP contribution in [0.1, 0.15) is 25.0 Å². The summed E-state index contributed by atoms with van der Waals surface area (Å²) in [5.41, 5.74) is 2.38. The van der Waals surface area contributed by atoms with Crippen LogP contribution in [0.25, 0.3) is 0 Å². The van der Waals surface area contributed by atoms with E-state index in [1.165, 1.54) is 5.56 Å². The number of aromatic nitrogens is 2. The van der Waals surface area contributed by atoms with Crippen molar-refractivity contribution in [3.63, 3.8) is 0 Å². The number of hydrogen-bond acceptors (Lipinski definition) is 3.